The van der Waals surface area contributed by atoms with Crippen LogP contribution in [0.3, 0.4) is 0 Å². The van der Waals surface area contributed by atoms with Crippen LogP contribution in [0.25, 0.3) is 0 Å². The molecule has 0 fully saturated rings. The maximum absolute atomic E-state index is 5.84. The standard InChI is InChI=1S/C10H16ClN3S.HI/c1-7(2)14-10(12-3)13-6-8-4-5-9(11)15-8;/h4-5,7H,6H2,1-3H3,(H2,12,13,14);1H. The Bertz CT molecular complexity index is 339. The Morgan fingerprint density at radius 3 is 2.62 bits per heavy atom. The number of nitrogens with one attached hydrogen (secondary N) is 2. The molecule has 6 heteroatoms. The van der Waals surface area contributed by atoms with Gasteiger partial charge in [-0.3, -0.25) is 4.99 Å². The molecule has 0 unspecified atom stereocenters. The minimum Gasteiger partial charge on any atom is -0.354 e. The van der Waals surface area contributed by atoms with E-state index in [9.17, 15) is 0 Å². The van der Waals surface area contributed by atoms with Crippen molar-refractivity contribution >= 4 is 52.9 Å². The first-order valence-corrected chi connectivity index (χ1v) is 6.02. The molecule has 0 saturated heterocycles. The van der Waals surface area contributed by atoms with Crippen molar-refractivity contribution in [3.63, 3.8) is 0 Å². The highest BCUT2D eigenvalue weighted by Gasteiger charge is 2.01. The third-order valence-electron chi connectivity index (χ3n) is 1.71. The molecule has 0 amide bonds. The van der Waals surface area contributed by atoms with Gasteiger partial charge in [0.15, 0.2) is 5.96 Å². The van der Waals surface area contributed by atoms with E-state index in [4.69, 9.17) is 11.6 Å². The van der Waals surface area contributed by atoms with E-state index < -0.39 is 0 Å². The van der Waals surface area contributed by atoms with Gasteiger partial charge in [0, 0.05) is 18.0 Å². The molecular weight excluding hydrogens is 357 g/mol. The van der Waals surface area contributed by atoms with Crippen molar-refractivity contribution < 1.29 is 0 Å². The van der Waals surface area contributed by atoms with E-state index in [0.717, 1.165) is 16.8 Å². The Morgan fingerprint density at radius 2 is 2.19 bits per heavy atom. The molecule has 0 radical (unpaired) electrons. The molecule has 1 aromatic heterocycles. The second kappa shape index (κ2) is 8.14. The first-order chi connectivity index (χ1) is 7.11. The molecule has 0 spiro atoms. The van der Waals surface area contributed by atoms with Crippen LogP contribution in [-0.2, 0) is 6.54 Å². The highest BCUT2D eigenvalue weighted by atomic mass is 127. The van der Waals surface area contributed by atoms with Crippen LogP contribution >= 0.6 is 46.9 Å². The Labute approximate surface area is 123 Å². The number of guanidine groups is 1. The number of thiophene rings is 1. The van der Waals surface area contributed by atoms with Gasteiger partial charge in [-0.15, -0.1) is 35.3 Å². The summed E-state index contributed by atoms with van der Waals surface area (Å²) in [4.78, 5) is 5.32. The smallest absolute Gasteiger partial charge is 0.191 e. The molecule has 0 aromatic carbocycles. The molecule has 0 aliphatic rings. The number of rotatable bonds is 3. The molecule has 92 valence electrons. The molecule has 0 aliphatic heterocycles. The molecule has 1 rings (SSSR count). The molecule has 0 atom stereocenters. The molecule has 0 saturated carbocycles. The third kappa shape index (κ3) is 5.91. The van der Waals surface area contributed by atoms with Crippen LogP contribution in [0.5, 0.6) is 0 Å². The number of nitrogens with zero attached hydrogens (tertiary/aromatic N) is 1. The first kappa shape index (κ1) is 16.0. The highest BCUT2D eigenvalue weighted by Crippen LogP contribution is 2.20. The van der Waals surface area contributed by atoms with Gasteiger partial charge in [-0.1, -0.05) is 11.6 Å². The van der Waals surface area contributed by atoms with Crippen molar-refractivity contribution in [1.29, 1.82) is 0 Å². The summed E-state index contributed by atoms with van der Waals surface area (Å²) in [5.74, 6) is 0.814. The van der Waals surface area contributed by atoms with E-state index in [1.165, 1.54) is 4.88 Å². The van der Waals surface area contributed by atoms with Gasteiger partial charge in [0.2, 0.25) is 0 Å². The molecule has 1 heterocycles. The summed E-state index contributed by atoms with van der Waals surface area (Å²) in [5, 5.41) is 6.44. The second-order valence-corrected chi connectivity index (χ2v) is 5.23. The molecule has 16 heavy (non-hydrogen) atoms. The van der Waals surface area contributed by atoms with Gasteiger partial charge in [0.1, 0.15) is 0 Å². The largest absolute Gasteiger partial charge is 0.354 e. The van der Waals surface area contributed by atoms with Gasteiger partial charge in [-0.2, -0.15) is 0 Å². The maximum atomic E-state index is 5.84. The van der Waals surface area contributed by atoms with Crippen molar-refractivity contribution in [1.82, 2.24) is 10.6 Å². The van der Waals surface area contributed by atoms with Crippen LogP contribution in [0, 0.1) is 0 Å². The topological polar surface area (TPSA) is 36.4 Å². The van der Waals surface area contributed by atoms with Crippen molar-refractivity contribution in [3.05, 3.63) is 21.3 Å². The number of halogens is 2. The first-order valence-electron chi connectivity index (χ1n) is 4.83. The zero-order valence-electron chi connectivity index (χ0n) is 9.58. The number of hydrogen-bond acceptors (Lipinski definition) is 2. The average Bonchev–Trinajstić information content (AvgIpc) is 2.58. The van der Waals surface area contributed by atoms with Crippen LogP contribution < -0.4 is 10.6 Å². The predicted octanol–water partition coefficient (Wildman–Crippen LogP) is 3.09. The van der Waals surface area contributed by atoms with Gasteiger partial charge >= 0.3 is 0 Å². The lowest BCUT2D eigenvalue weighted by Gasteiger charge is -2.13. The fourth-order valence-electron chi connectivity index (χ4n) is 1.09. The lowest BCUT2D eigenvalue weighted by atomic mass is 10.4. The lowest BCUT2D eigenvalue weighted by molar-refractivity contribution is 0.701. The fraction of sp³-hybridized carbons (Fsp3) is 0.500. The molecular formula is C10H17ClIN3S. The van der Waals surface area contributed by atoms with Gasteiger partial charge in [0.05, 0.1) is 10.9 Å². The Hall–Kier alpha value is -0.0100. The van der Waals surface area contributed by atoms with Crippen LogP contribution in [0.1, 0.15) is 18.7 Å². The molecule has 2 N–H and O–H groups in total. The Morgan fingerprint density at radius 1 is 1.50 bits per heavy atom. The van der Waals surface area contributed by atoms with Crippen molar-refractivity contribution in [2.45, 2.75) is 26.4 Å². The fourth-order valence-corrected chi connectivity index (χ4v) is 2.11. The number of hydrogen-bond donors (Lipinski definition) is 2. The zero-order valence-corrected chi connectivity index (χ0v) is 13.5. The van der Waals surface area contributed by atoms with Crippen LogP contribution in [0.4, 0.5) is 0 Å². The molecule has 0 aliphatic carbocycles. The van der Waals surface area contributed by atoms with Crippen molar-refractivity contribution in [2.75, 3.05) is 7.05 Å². The minimum absolute atomic E-state index is 0. The third-order valence-corrected chi connectivity index (χ3v) is 2.94. The van der Waals surface area contributed by atoms with Crippen LogP contribution in [-0.4, -0.2) is 19.0 Å². The monoisotopic (exact) mass is 373 g/mol. The Balaban J connectivity index is 0.00000225. The molecule has 0 bridgehead atoms. The predicted molar refractivity (Wildman–Crippen MR) is 83.2 cm³/mol. The van der Waals surface area contributed by atoms with Crippen molar-refractivity contribution in [2.24, 2.45) is 4.99 Å². The minimum atomic E-state index is 0. The van der Waals surface area contributed by atoms with Crippen LogP contribution in [0.2, 0.25) is 4.34 Å². The van der Waals surface area contributed by atoms with Gasteiger partial charge in [-0.05, 0) is 26.0 Å². The van der Waals surface area contributed by atoms with E-state index >= 15 is 0 Å². The van der Waals surface area contributed by atoms with Gasteiger partial charge in [0.25, 0.3) is 0 Å². The van der Waals surface area contributed by atoms with E-state index in [1.807, 2.05) is 12.1 Å². The van der Waals surface area contributed by atoms with Gasteiger partial charge in [-0.25, -0.2) is 0 Å². The summed E-state index contributed by atoms with van der Waals surface area (Å²) in [6, 6.07) is 4.30. The van der Waals surface area contributed by atoms with E-state index in [-0.39, 0.29) is 24.0 Å². The summed E-state index contributed by atoms with van der Waals surface area (Å²) in [6.07, 6.45) is 0. The van der Waals surface area contributed by atoms with E-state index in [1.54, 1.807) is 18.4 Å². The Kier molecular flexibility index (Phi) is 8.13. The van der Waals surface area contributed by atoms with Crippen molar-refractivity contribution in [3.8, 4) is 0 Å². The quantitative estimate of drug-likeness (QED) is 0.485. The highest BCUT2D eigenvalue weighted by molar-refractivity contribution is 14.0. The maximum Gasteiger partial charge on any atom is 0.191 e. The number of aliphatic imine (C=N–C) groups is 1. The summed E-state index contributed by atoms with van der Waals surface area (Å²) in [6.45, 7) is 4.91. The normalized spacial score (nSPS) is 11.2. The summed E-state index contributed by atoms with van der Waals surface area (Å²) < 4.78 is 0.818. The van der Waals surface area contributed by atoms with Gasteiger partial charge < -0.3 is 10.6 Å². The van der Waals surface area contributed by atoms with Crippen LogP contribution in [0.15, 0.2) is 17.1 Å². The summed E-state index contributed by atoms with van der Waals surface area (Å²) in [7, 11) is 1.76. The van der Waals surface area contributed by atoms with E-state index in [0.29, 0.717) is 6.04 Å². The SMILES string of the molecule is CN=C(NCc1ccc(Cl)s1)NC(C)C.I. The molecule has 1 aromatic rings. The average molecular weight is 374 g/mol. The van der Waals surface area contributed by atoms with E-state index in [2.05, 4.69) is 29.5 Å². The molecule has 3 nitrogen and oxygen atoms in total. The zero-order chi connectivity index (χ0) is 11.3. The lowest BCUT2D eigenvalue weighted by Crippen LogP contribution is -2.40. The summed E-state index contributed by atoms with van der Waals surface area (Å²) in [5.41, 5.74) is 0. The second-order valence-electron chi connectivity index (χ2n) is 3.43. The summed E-state index contributed by atoms with van der Waals surface area (Å²) >= 11 is 7.42.